The van der Waals surface area contributed by atoms with Gasteiger partial charge in [-0.05, 0) is 37.0 Å². The molecular weight excluding hydrogens is 336 g/mol. The topological polar surface area (TPSA) is 88.1 Å². The highest BCUT2D eigenvalue weighted by molar-refractivity contribution is 5.94. The van der Waals surface area contributed by atoms with Crippen LogP contribution in [0.4, 0.5) is 0 Å². The summed E-state index contributed by atoms with van der Waals surface area (Å²) in [6, 6.07) is 3.55. The highest BCUT2D eigenvalue weighted by atomic mass is 16.5. The van der Waals surface area contributed by atoms with Crippen molar-refractivity contribution in [3.8, 4) is 0 Å². The van der Waals surface area contributed by atoms with Crippen LogP contribution in [0.25, 0.3) is 0 Å². The quantitative estimate of drug-likeness (QED) is 0.771. The summed E-state index contributed by atoms with van der Waals surface area (Å²) in [5, 5.41) is 13.6. The minimum Gasteiger partial charge on any atom is -0.457 e. The Morgan fingerprint density at radius 1 is 1.31 bits per heavy atom. The first kappa shape index (κ1) is 17.5. The molecule has 7 nitrogen and oxygen atoms in total. The van der Waals surface area contributed by atoms with E-state index in [1.54, 1.807) is 6.07 Å². The Hall–Kier alpha value is -1.96. The number of morpholine rings is 1. The van der Waals surface area contributed by atoms with Crippen LogP contribution in [0, 0.1) is 6.92 Å². The molecule has 2 fully saturated rings. The number of aliphatic hydroxyl groups is 1. The van der Waals surface area contributed by atoms with Gasteiger partial charge in [-0.2, -0.15) is 0 Å². The van der Waals surface area contributed by atoms with Crippen LogP contribution in [0.2, 0.25) is 0 Å². The summed E-state index contributed by atoms with van der Waals surface area (Å²) in [7, 11) is 0. The molecule has 1 atom stereocenters. The molecule has 3 aliphatic heterocycles. The van der Waals surface area contributed by atoms with Crippen molar-refractivity contribution in [3.05, 3.63) is 34.4 Å². The van der Waals surface area contributed by atoms with E-state index in [0.717, 1.165) is 16.7 Å². The number of ether oxygens (including phenoxy) is 2. The normalized spacial score (nSPS) is 23.5. The Morgan fingerprint density at radius 3 is 2.81 bits per heavy atom. The van der Waals surface area contributed by atoms with E-state index in [9.17, 15) is 14.7 Å². The van der Waals surface area contributed by atoms with E-state index in [4.69, 9.17) is 9.47 Å². The molecule has 2 saturated heterocycles. The molecule has 1 amide bonds. The fourth-order valence-electron chi connectivity index (χ4n) is 4.18. The summed E-state index contributed by atoms with van der Waals surface area (Å²) in [5.41, 5.74) is 2.52. The molecule has 2 N–H and O–H groups in total. The van der Waals surface area contributed by atoms with E-state index in [-0.39, 0.29) is 18.5 Å². The predicted octanol–water partition coefficient (Wildman–Crippen LogP) is 0.680. The van der Waals surface area contributed by atoms with Crippen LogP contribution in [-0.2, 0) is 20.9 Å². The van der Waals surface area contributed by atoms with Crippen molar-refractivity contribution >= 4 is 11.9 Å². The van der Waals surface area contributed by atoms with Gasteiger partial charge in [0.1, 0.15) is 12.2 Å². The first-order valence-corrected chi connectivity index (χ1v) is 9.12. The van der Waals surface area contributed by atoms with Gasteiger partial charge >= 0.3 is 5.97 Å². The minimum atomic E-state index is -0.694. The van der Waals surface area contributed by atoms with Crippen LogP contribution in [0.15, 0.2) is 12.1 Å². The van der Waals surface area contributed by atoms with E-state index in [1.807, 2.05) is 13.0 Å². The number of carbonyl (C=O) groups is 2. The lowest BCUT2D eigenvalue weighted by Gasteiger charge is -2.43. The molecule has 1 unspecified atom stereocenters. The number of β-amino-alcohol motifs (C(OH)–C–C–N with tert-alkyl or cyclic N) is 1. The second-order valence-electron chi connectivity index (χ2n) is 7.30. The summed E-state index contributed by atoms with van der Waals surface area (Å²) >= 11 is 0. The van der Waals surface area contributed by atoms with Crippen LogP contribution in [0.5, 0.6) is 0 Å². The van der Waals surface area contributed by atoms with Gasteiger partial charge in [-0.3, -0.25) is 4.79 Å². The smallest absolute Gasteiger partial charge is 0.338 e. The van der Waals surface area contributed by atoms with Crippen molar-refractivity contribution in [1.82, 2.24) is 10.2 Å². The molecule has 3 aliphatic rings. The average Bonchev–Trinajstić information content (AvgIpc) is 3.02. The van der Waals surface area contributed by atoms with Gasteiger partial charge in [-0.25, -0.2) is 4.79 Å². The third-order valence-electron chi connectivity index (χ3n) is 5.84. The largest absolute Gasteiger partial charge is 0.457 e. The molecule has 0 radical (unpaired) electrons. The molecule has 7 heteroatoms. The van der Waals surface area contributed by atoms with Gasteiger partial charge in [0.15, 0.2) is 0 Å². The number of benzene rings is 1. The van der Waals surface area contributed by atoms with Crippen molar-refractivity contribution in [2.24, 2.45) is 0 Å². The van der Waals surface area contributed by atoms with Crippen molar-refractivity contribution < 1.29 is 24.2 Å². The number of rotatable bonds is 3. The number of nitrogens with one attached hydrogen (secondary N) is 1. The fraction of sp³-hybridized carbons (Fsp3) is 0.579. The number of fused-ring (bicyclic) bond motifs is 1. The van der Waals surface area contributed by atoms with Gasteiger partial charge in [0, 0.05) is 31.7 Å². The maximum Gasteiger partial charge on any atom is 0.338 e. The monoisotopic (exact) mass is 360 g/mol. The first-order chi connectivity index (χ1) is 12.5. The van der Waals surface area contributed by atoms with Gasteiger partial charge in [-0.15, -0.1) is 0 Å². The molecule has 26 heavy (non-hydrogen) atoms. The molecule has 1 aromatic carbocycles. The third-order valence-corrected chi connectivity index (χ3v) is 5.84. The van der Waals surface area contributed by atoms with Crippen molar-refractivity contribution in [3.63, 3.8) is 0 Å². The van der Waals surface area contributed by atoms with E-state index < -0.39 is 11.7 Å². The molecule has 0 saturated carbocycles. The number of likely N-dealkylation sites (tertiary alicyclic amines) is 1. The zero-order valence-electron chi connectivity index (χ0n) is 14.9. The third kappa shape index (κ3) is 2.90. The standard InChI is InChI=1S/C19H24N2O5/c1-12-13(2-3-14-15(12)11-25-17(14)23)16(22)10-21-7-4-19(5-8-21)18(24)20-6-9-26-19/h2-3,16,22H,4-11H2,1H3,(H,20,24). The summed E-state index contributed by atoms with van der Waals surface area (Å²) in [5.74, 6) is -0.306. The molecule has 1 aromatic rings. The highest BCUT2D eigenvalue weighted by Crippen LogP contribution is 2.32. The minimum absolute atomic E-state index is 0.0110. The molecular formula is C19H24N2O5. The van der Waals surface area contributed by atoms with Crippen LogP contribution in [0.1, 0.15) is 46.0 Å². The Balaban J connectivity index is 1.41. The van der Waals surface area contributed by atoms with Gasteiger partial charge in [-0.1, -0.05) is 6.07 Å². The predicted molar refractivity (Wildman–Crippen MR) is 92.6 cm³/mol. The van der Waals surface area contributed by atoms with Gasteiger partial charge < -0.3 is 24.8 Å². The van der Waals surface area contributed by atoms with E-state index >= 15 is 0 Å². The summed E-state index contributed by atoms with van der Waals surface area (Å²) < 4.78 is 10.9. The lowest BCUT2D eigenvalue weighted by atomic mass is 9.88. The maximum absolute atomic E-state index is 12.2. The average molecular weight is 360 g/mol. The maximum atomic E-state index is 12.2. The van der Waals surface area contributed by atoms with E-state index in [0.29, 0.717) is 51.2 Å². The molecule has 3 heterocycles. The van der Waals surface area contributed by atoms with E-state index in [1.165, 1.54) is 0 Å². The SMILES string of the molecule is Cc1c(C(O)CN2CCC3(CC2)OCCNC3=O)ccc2c1COC2=O. The number of hydrogen-bond donors (Lipinski definition) is 2. The van der Waals surface area contributed by atoms with Crippen LogP contribution >= 0.6 is 0 Å². The lowest BCUT2D eigenvalue weighted by Crippen LogP contribution is -2.59. The Bertz CT molecular complexity index is 740. The van der Waals surface area contributed by atoms with Crippen molar-refractivity contribution in [2.75, 3.05) is 32.8 Å². The second kappa shape index (κ2) is 6.64. The number of piperidine rings is 1. The number of hydrogen-bond acceptors (Lipinski definition) is 6. The second-order valence-corrected chi connectivity index (χ2v) is 7.30. The number of esters is 1. The van der Waals surface area contributed by atoms with Crippen LogP contribution in [0.3, 0.4) is 0 Å². The lowest BCUT2D eigenvalue weighted by molar-refractivity contribution is -0.162. The zero-order chi connectivity index (χ0) is 18.3. The number of amides is 1. The van der Waals surface area contributed by atoms with Crippen molar-refractivity contribution in [2.45, 2.75) is 38.1 Å². The molecule has 1 spiro atoms. The van der Waals surface area contributed by atoms with Crippen molar-refractivity contribution in [1.29, 1.82) is 0 Å². The molecule has 0 aromatic heterocycles. The van der Waals surface area contributed by atoms with Gasteiger partial charge in [0.2, 0.25) is 0 Å². The number of nitrogens with zero attached hydrogens (tertiary/aromatic N) is 1. The number of aliphatic hydroxyl groups excluding tert-OH is 1. The highest BCUT2D eigenvalue weighted by Gasteiger charge is 2.44. The van der Waals surface area contributed by atoms with Crippen LogP contribution < -0.4 is 5.32 Å². The molecule has 0 aliphatic carbocycles. The first-order valence-electron chi connectivity index (χ1n) is 9.12. The molecule has 140 valence electrons. The number of cyclic esters (lactones) is 1. The summed E-state index contributed by atoms with van der Waals surface area (Å²) in [4.78, 5) is 26.0. The van der Waals surface area contributed by atoms with Gasteiger partial charge in [0.25, 0.3) is 5.91 Å². The number of carbonyl (C=O) groups excluding carboxylic acids is 2. The zero-order valence-corrected chi connectivity index (χ0v) is 14.9. The molecule has 4 rings (SSSR count). The Morgan fingerprint density at radius 2 is 2.08 bits per heavy atom. The summed E-state index contributed by atoms with van der Waals surface area (Å²) in [6.07, 6.45) is 0.625. The van der Waals surface area contributed by atoms with Gasteiger partial charge in [0.05, 0.1) is 18.3 Å². The van der Waals surface area contributed by atoms with E-state index in [2.05, 4.69) is 10.2 Å². The fourth-order valence-corrected chi connectivity index (χ4v) is 4.18. The summed E-state index contributed by atoms with van der Waals surface area (Å²) in [6.45, 7) is 5.23. The Kier molecular flexibility index (Phi) is 4.46. The molecule has 0 bridgehead atoms. The Labute approximate surface area is 152 Å². The van der Waals surface area contributed by atoms with Crippen LogP contribution in [-0.4, -0.2) is 60.3 Å².